The van der Waals surface area contributed by atoms with Crippen LogP contribution in [0.2, 0.25) is 5.02 Å². The average molecular weight is 361 g/mol. The molecule has 0 fully saturated rings. The quantitative estimate of drug-likeness (QED) is 0.656. The average Bonchev–Trinajstić information content (AvgIpc) is 2.50. The highest BCUT2D eigenvalue weighted by Crippen LogP contribution is 2.30. The summed E-state index contributed by atoms with van der Waals surface area (Å²) in [7, 11) is 0. The molecule has 21 heavy (non-hydrogen) atoms. The molecule has 3 rings (SSSR count). The summed E-state index contributed by atoms with van der Waals surface area (Å²) in [6.07, 6.45) is 0.804. The second-order valence-electron chi connectivity index (χ2n) is 5.12. The molecule has 3 aromatic carbocycles. The zero-order valence-corrected chi connectivity index (χ0v) is 13.7. The van der Waals surface area contributed by atoms with Crippen molar-refractivity contribution in [2.45, 2.75) is 12.5 Å². The fraction of sp³-hybridized carbons (Fsp3) is 0.111. The van der Waals surface area contributed by atoms with Gasteiger partial charge in [-0.05, 0) is 41.1 Å². The minimum absolute atomic E-state index is 0.0478. The van der Waals surface area contributed by atoms with E-state index in [-0.39, 0.29) is 6.04 Å². The number of fused-ring (bicyclic) bond motifs is 1. The first kappa shape index (κ1) is 14.6. The molecule has 0 aliphatic carbocycles. The summed E-state index contributed by atoms with van der Waals surface area (Å²) in [6, 6.07) is 20.3. The van der Waals surface area contributed by atoms with Crippen molar-refractivity contribution in [3.8, 4) is 0 Å². The van der Waals surface area contributed by atoms with E-state index in [1.54, 1.807) is 0 Å². The Morgan fingerprint density at radius 2 is 1.57 bits per heavy atom. The Morgan fingerprint density at radius 1 is 0.905 bits per heavy atom. The Bertz CT molecular complexity index is 768. The zero-order chi connectivity index (χ0) is 14.8. The van der Waals surface area contributed by atoms with Crippen LogP contribution in [-0.4, -0.2) is 0 Å². The predicted molar refractivity (Wildman–Crippen MR) is 93.7 cm³/mol. The van der Waals surface area contributed by atoms with Crippen LogP contribution in [0.3, 0.4) is 0 Å². The first-order valence-electron chi connectivity index (χ1n) is 6.82. The molecule has 2 N–H and O–H groups in total. The predicted octanol–water partition coefficient (Wildman–Crippen LogP) is 5.50. The summed E-state index contributed by atoms with van der Waals surface area (Å²) in [4.78, 5) is 0. The fourth-order valence-corrected chi connectivity index (χ4v) is 3.09. The summed E-state index contributed by atoms with van der Waals surface area (Å²) in [5, 5.41) is 2.96. The molecule has 1 nitrogen and oxygen atoms in total. The summed E-state index contributed by atoms with van der Waals surface area (Å²) < 4.78 is 1.08. The number of halogens is 2. The van der Waals surface area contributed by atoms with E-state index in [0.29, 0.717) is 0 Å². The third kappa shape index (κ3) is 3.13. The van der Waals surface area contributed by atoms with Crippen LogP contribution in [0.15, 0.2) is 65.1 Å². The van der Waals surface area contributed by atoms with E-state index in [1.807, 2.05) is 42.5 Å². The van der Waals surface area contributed by atoms with E-state index in [2.05, 4.69) is 34.1 Å². The van der Waals surface area contributed by atoms with E-state index >= 15 is 0 Å². The van der Waals surface area contributed by atoms with Crippen molar-refractivity contribution < 1.29 is 0 Å². The molecule has 0 aliphatic rings. The van der Waals surface area contributed by atoms with Crippen molar-refractivity contribution in [2.24, 2.45) is 5.73 Å². The van der Waals surface area contributed by atoms with Gasteiger partial charge < -0.3 is 5.73 Å². The van der Waals surface area contributed by atoms with Gasteiger partial charge in [-0.15, -0.1) is 0 Å². The Morgan fingerprint density at radius 3 is 2.29 bits per heavy atom. The smallest absolute Gasteiger partial charge is 0.0484 e. The fourth-order valence-electron chi connectivity index (χ4n) is 2.59. The number of nitrogens with two attached hydrogens (primary N) is 1. The molecule has 0 spiro atoms. The molecule has 0 saturated heterocycles. The molecule has 0 radical (unpaired) electrons. The molecule has 0 bridgehead atoms. The summed E-state index contributed by atoms with van der Waals surface area (Å²) >= 11 is 9.72. The lowest BCUT2D eigenvalue weighted by atomic mass is 9.95. The molecular formula is C18H15BrClN. The van der Waals surface area contributed by atoms with Gasteiger partial charge >= 0.3 is 0 Å². The van der Waals surface area contributed by atoms with Crippen LogP contribution in [0.4, 0.5) is 0 Å². The van der Waals surface area contributed by atoms with E-state index in [0.717, 1.165) is 32.3 Å². The van der Waals surface area contributed by atoms with E-state index in [4.69, 9.17) is 17.3 Å². The Hall–Kier alpha value is -1.35. The van der Waals surface area contributed by atoms with Crippen molar-refractivity contribution >= 4 is 38.3 Å². The van der Waals surface area contributed by atoms with Crippen LogP contribution in [-0.2, 0) is 6.42 Å². The van der Waals surface area contributed by atoms with Gasteiger partial charge in [0.25, 0.3) is 0 Å². The van der Waals surface area contributed by atoms with E-state index in [9.17, 15) is 0 Å². The minimum atomic E-state index is -0.0478. The van der Waals surface area contributed by atoms with Gasteiger partial charge in [0.15, 0.2) is 0 Å². The molecule has 0 saturated carbocycles. The lowest BCUT2D eigenvalue weighted by molar-refractivity contribution is 0.728. The van der Waals surface area contributed by atoms with Gasteiger partial charge in [-0.3, -0.25) is 0 Å². The maximum absolute atomic E-state index is 6.43. The van der Waals surface area contributed by atoms with Crippen molar-refractivity contribution in [1.29, 1.82) is 0 Å². The normalized spacial score (nSPS) is 12.5. The first-order valence-corrected chi connectivity index (χ1v) is 7.99. The Balaban J connectivity index is 1.96. The third-order valence-electron chi connectivity index (χ3n) is 3.67. The molecule has 3 heteroatoms. The molecule has 1 unspecified atom stereocenters. The van der Waals surface area contributed by atoms with Crippen molar-refractivity contribution in [1.82, 2.24) is 0 Å². The molecule has 3 aromatic rings. The standard InChI is InChI=1S/C18H15BrClN/c19-13-7-5-12(6-8-13)11-18(21)16-9-10-17(20)15-4-2-1-3-14(15)16/h1-10,18H,11,21H2. The highest BCUT2D eigenvalue weighted by Gasteiger charge is 2.12. The monoisotopic (exact) mass is 359 g/mol. The summed E-state index contributed by atoms with van der Waals surface area (Å²) in [6.45, 7) is 0. The molecule has 0 aromatic heterocycles. The maximum Gasteiger partial charge on any atom is 0.0484 e. The number of benzene rings is 3. The van der Waals surface area contributed by atoms with Gasteiger partial charge in [0.2, 0.25) is 0 Å². The number of hydrogen-bond donors (Lipinski definition) is 1. The molecule has 1 atom stereocenters. The second-order valence-corrected chi connectivity index (χ2v) is 6.44. The van der Waals surface area contributed by atoms with Crippen molar-refractivity contribution in [3.05, 3.63) is 81.3 Å². The minimum Gasteiger partial charge on any atom is -0.324 e. The van der Waals surface area contributed by atoms with E-state index in [1.165, 1.54) is 5.56 Å². The molecular weight excluding hydrogens is 346 g/mol. The number of rotatable bonds is 3. The van der Waals surface area contributed by atoms with Crippen LogP contribution in [0.5, 0.6) is 0 Å². The summed E-state index contributed by atoms with van der Waals surface area (Å²) in [5.41, 5.74) is 8.79. The highest BCUT2D eigenvalue weighted by atomic mass is 79.9. The summed E-state index contributed by atoms with van der Waals surface area (Å²) in [5.74, 6) is 0. The van der Waals surface area contributed by atoms with Crippen molar-refractivity contribution in [3.63, 3.8) is 0 Å². The largest absolute Gasteiger partial charge is 0.324 e. The molecule has 0 heterocycles. The van der Waals surface area contributed by atoms with Gasteiger partial charge in [-0.1, -0.05) is 70.0 Å². The SMILES string of the molecule is NC(Cc1ccc(Br)cc1)c1ccc(Cl)c2ccccc12. The topological polar surface area (TPSA) is 26.0 Å². The van der Waals surface area contributed by atoms with Gasteiger partial charge in [-0.2, -0.15) is 0 Å². The van der Waals surface area contributed by atoms with Crippen molar-refractivity contribution in [2.75, 3.05) is 0 Å². The van der Waals surface area contributed by atoms with Crippen LogP contribution in [0.25, 0.3) is 10.8 Å². The molecule has 0 aliphatic heterocycles. The lowest BCUT2D eigenvalue weighted by Gasteiger charge is -2.16. The third-order valence-corrected chi connectivity index (χ3v) is 4.53. The Kier molecular flexibility index (Phi) is 4.29. The molecule has 106 valence electrons. The van der Waals surface area contributed by atoms with Crippen LogP contribution < -0.4 is 5.73 Å². The molecule has 0 amide bonds. The second kappa shape index (κ2) is 6.18. The number of hydrogen-bond acceptors (Lipinski definition) is 1. The van der Waals surface area contributed by atoms with Crippen LogP contribution >= 0.6 is 27.5 Å². The van der Waals surface area contributed by atoms with Crippen LogP contribution in [0.1, 0.15) is 17.2 Å². The zero-order valence-electron chi connectivity index (χ0n) is 11.4. The van der Waals surface area contributed by atoms with Gasteiger partial charge in [-0.25, -0.2) is 0 Å². The lowest BCUT2D eigenvalue weighted by Crippen LogP contribution is -2.13. The maximum atomic E-state index is 6.43. The van der Waals surface area contributed by atoms with Crippen LogP contribution in [0, 0.1) is 0 Å². The van der Waals surface area contributed by atoms with E-state index < -0.39 is 0 Å². The first-order chi connectivity index (χ1) is 10.1. The van der Waals surface area contributed by atoms with Gasteiger partial charge in [0, 0.05) is 20.9 Å². The Labute approximate surface area is 137 Å². The van der Waals surface area contributed by atoms with Gasteiger partial charge in [0.1, 0.15) is 0 Å². The van der Waals surface area contributed by atoms with Gasteiger partial charge in [0.05, 0.1) is 0 Å². The highest BCUT2D eigenvalue weighted by molar-refractivity contribution is 9.10.